The monoisotopic (exact) mass is 580 g/mol. The van der Waals surface area contributed by atoms with Gasteiger partial charge in [-0.15, -0.1) is 0 Å². The first-order chi connectivity index (χ1) is 20.8. The van der Waals surface area contributed by atoms with E-state index in [9.17, 15) is 14.7 Å². The third-order valence-electron chi connectivity index (χ3n) is 8.37. The van der Waals surface area contributed by atoms with Crippen molar-refractivity contribution in [2.24, 2.45) is 5.92 Å². The van der Waals surface area contributed by atoms with Crippen LogP contribution in [-0.4, -0.2) is 47.2 Å². The van der Waals surface area contributed by atoms with Crippen LogP contribution in [0.3, 0.4) is 0 Å². The summed E-state index contributed by atoms with van der Waals surface area (Å²) in [4.78, 5) is 36.3. The van der Waals surface area contributed by atoms with Gasteiger partial charge in [-0.05, 0) is 67.7 Å². The molecule has 1 saturated heterocycles. The lowest BCUT2D eigenvalue weighted by Gasteiger charge is -2.27. The predicted molar refractivity (Wildman–Crippen MR) is 168 cm³/mol. The van der Waals surface area contributed by atoms with Crippen LogP contribution in [0.25, 0.3) is 28.2 Å². The zero-order valence-corrected chi connectivity index (χ0v) is 24.6. The van der Waals surface area contributed by atoms with Crippen molar-refractivity contribution in [3.05, 3.63) is 75.7 Å². The van der Waals surface area contributed by atoms with Gasteiger partial charge in [-0.1, -0.05) is 37.8 Å². The number of phenols is 1. The smallest absolute Gasteiger partial charge is 0.227 e. The second-order valence-electron chi connectivity index (χ2n) is 11.4. The van der Waals surface area contributed by atoms with Gasteiger partial charge in [-0.3, -0.25) is 9.59 Å². The lowest BCUT2D eigenvalue weighted by Crippen LogP contribution is -2.36. The Kier molecular flexibility index (Phi) is 8.24. The number of ether oxygens (including phenoxy) is 1. The molecule has 2 fully saturated rings. The normalized spacial score (nSPS) is 16.1. The number of aromatic nitrogens is 2. The van der Waals surface area contributed by atoms with Crippen LogP contribution in [0.1, 0.15) is 50.3 Å². The molecule has 9 nitrogen and oxygen atoms in total. The van der Waals surface area contributed by atoms with E-state index in [1.165, 1.54) is 37.8 Å². The number of carbonyl (C=O) groups excluding carboxylic acids is 1. The molecule has 1 saturated carbocycles. The average Bonchev–Trinajstić information content (AvgIpc) is 3.52. The topological polar surface area (TPSA) is 118 Å². The van der Waals surface area contributed by atoms with E-state index < -0.39 is 0 Å². The molecule has 0 amide bonds. The first-order valence-corrected chi connectivity index (χ1v) is 14.9. The number of nitrogens with one attached hydrogen (secondary N) is 1. The Morgan fingerprint density at radius 1 is 1.14 bits per heavy atom. The van der Waals surface area contributed by atoms with E-state index in [2.05, 4.69) is 15.3 Å². The van der Waals surface area contributed by atoms with Crippen molar-refractivity contribution in [1.82, 2.24) is 9.97 Å². The highest BCUT2D eigenvalue weighted by molar-refractivity contribution is 5.97. The molecule has 2 N–H and O–H groups in total. The Morgan fingerprint density at radius 3 is 2.67 bits per heavy atom. The maximum atomic E-state index is 12.8. The van der Waals surface area contributed by atoms with Gasteiger partial charge in [0.1, 0.15) is 11.3 Å². The fourth-order valence-corrected chi connectivity index (χ4v) is 5.94. The molecule has 0 radical (unpaired) electrons. The molecule has 2 aromatic carbocycles. The van der Waals surface area contributed by atoms with E-state index in [4.69, 9.17) is 9.15 Å². The molecule has 3 heterocycles. The van der Waals surface area contributed by atoms with Crippen LogP contribution in [0.5, 0.6) is 5.75 Å². The summed E-state index contributed by atoms with van der Waals surface area (Å²) in [5.74, 6) is 1.58. The number of carbonyl (C=O) groups is 1. The zero-order chi connectivity index (χ0) is 29.9. The van der Waals surface area contributed by atoms with Gasteiger partial charge in [0, 0.05) is 42.2 Å². The third-order valence-corrected chi connectivity index (χ3v) is 8.37. The van der Waals surface area contributed by atoms with Crippen molar-refractivity contribution < 1.29 is 19.1 Å². The number of morpholine rings is 1. The number of nitrogens with zero attached hydrogens (tertiary/aromatic N) is 3. The number of aryl methyl sites for hydroxylation is 1. The number of hydrogen-bond acceptors (Lipinski definition) is 9. The van der Waals surface area contributed by atoms with Crippen LogP contribution in [0, 0.1) is 12.8 Å². The Bertz CT molecular complexity index is 1750. The Hall–Kier alpha value is -4.50. The third kappa shape index (κ3) is 6.46. The standard InChI is InChI=1S/C34H36N4O5/c1-21-26(15-25(22(2)39)14-23-6-3-4-7-23)20-35-34(36-21)37-27-9-5-8-24(16-27)28-18-32-29(17-30(28)40)31(41)19-33(43-32)38-10-12-42-13-11-38/h5,8-9,15-20,23,40H,3-4,6-7,10-14H2,1-2H3,(H,35,36,37)/b25-15+. The summed E-state index contributed by atoms with van der Waals surface area (Å²) in [5.41, 5.74) is 4.64. The van der Waals surface area contributed by atoms with E-state index in [0.29, 0.717) is 60.6 Å². The molecule has 2 aliphatic rings. The van der Waals surface area contributed by atoms with Crippen LogP contribution in [0.15, 0.2) is 63.4 Å². The van der Waals surface area contributed by atoms with Crippen LogP contribution in [0.4, 0.5) is 17.5 Å². The minimum absolute atomic E-state index is 0.0156. The van der Waals surface area contributed by atoms with E-state index in [1.807, 2.05) is 42.2 Å². The lowest BCUT2D eigenvalue weighted by molar-refractivity contribution is -0.113. The minimum atomic E-state index is -0.209. The van der Waals surface area contributed by atoms with Crippen LogP contribution >= 0.6 is 0 Å². The van der Waals surface area contributed by atoms with Crippen LogP contribution < -0.4 is 15.6 Å². The maximum absolute atomic E-state index is 12.8. The number of allylic oxidation sites excluding steroid dienone is 1. The molecule has 0 atom stereocenters. The van der Waals surface area contributed by atoms with Crippen molar-refractivity contribution in [2.45, 2.75) is 46.0 Å². The number of rotatable bonds is 8. The fraction of sp³-hybridized carbons (Fsp3) is 0.353. The van der Waals surface area contributed by atoms with E-state index in [1.54, 1.807) is 19.2 Å². The first kappa shape index (κ1) is 28.6. The summed E-state index contributed by atoms with van der Waals surface area (Å²) in [6, 6.07) is 12.1. The largest absolute Gasteiger partial charge is 0.507 e. The molecule has 4 aromatic rings. The van der Waals surface area contributed by atoms with Gasteiger partial charge in [0.05, 0.1) is 24.3 Å². The van der Waals surface area contributed by atoms with Crippen molar-refractivity contribution >= 4 is 40.3 Å². The van der Waals surface area contributed by atoms with Crippen LogP contribution in [0.2, 0.25) is 0 Å². The number of benzene rings is 2. The molecule has 0 bridgehead atoms. The number of fused-ring (bicyclic) bond motifs is 1. The van der Waals surface area contributed by atoms with Gasteiger partial charge in [-0.2, -0.15) is 0 Å². The molecule has 9 heteroatoms. The minimum Gasteiger partial charge on any atom is -0.507 e. The Labute approximate surface area is 250 Å². The number of anilines is 3. The highest BCUT2D eigenvalue weighted by Gasteiger charge is 2.20. The van der Waals surface area contributed by atoms with Crippen molar-refractivity contribution in [1.29, 1.82) is 0 Å². The molecule has 1 aliphatic carbocycles. The van der Waals surface area contributed by atoms with Crippen molar-refractivity contribution in [2.75, 3.05) is 36.5 Å². The van der Waals surface area contributed by atoms with Crippen LogP contribution in [-0.2, 0) is 9.53 Å². The molecule has 43 heavy (non-hydrogen) atoms. The Morgan fingerprint density at radius 2 is 1.93 bits per heavy atom. The summed E-state index contributed by atoms with van der Waals surface area (Å²) in [5, 5.41) is 14.4. The maximum Gasteiger partial charge on any atom is 0.227 e. The molecule has 0 spiro atoms. The number of aromatic hydroxyl groups is 1. The first-order valence-electron chi connectivity index (χ1n) is 14.9. The number of ketones is 1. The SMILES string of the molecule is CC(=O)/C(=C/c1cnc(Nc2cccc(-c3cc4oc(N5CCOCC5)cc(=O)c4cc3O)c2)nc1C)CC1CCCC1. The average molecular weight is 581 g/mol. The number of Topliss-reactive ketones (excluding diaryl/α,β-unsaturated/α-hetero) is 1. The van der Waals surface area contributed by atoms with Gasteiger partial charge >= 0.3 is 0 Å². The second-order valence-corrected chi connectivity index (χ2v) is 11.4. The van der Waals surface area contributed by atoms with Gasteiger partial charge in [0.2, 0.25) is 5.95 Å². The quantitative estimate of drug-likeness (QED) is 0.228. The van der Waals surface area contributed by atoms with E-state index in [-0.39, 0.29) is 17.0 Å². The van der Waals surface area contributed by atoms with Crippen molar-refractivity contribution in [3.8, 4) is 16.9 Å². The Balaban J connectivity index is 1.24. The summed E-state index contributed by atoms with van der Waals surface area (Å²) >= 11 is 0. The van der Waals surface area contributed by atoms with Gasteiger partial charge < -0.3 is 24.5 Å². The molecule has 2 aromatic heterocycles. The van der Waals surface area contributed by atoms with E-state index >= 15 is 0 Å². The molecule has 0 unspecified atom stereocenters. The lowest BCUT2D eigenvalue weighted by atomic mass is 9.94. The van der Waals surface area contributed by atoms with Gasteiger partial charge in [0.15, 0.2) is 17.1 Å². The zero-order valence-electron chi connectivity index (χ0n) is 24.6. The molecule has 1 aliphatic heterocycles. The van der Waals surface area contributed by atoms with Gasteiger partial charge in [-0.25, -0.2) is 9.97 Å². The highest BCUT2D eigenvalue weighted by Crippen LogP contribution is 2.35. The van der Waals surface area contributed by atoms with Crippen molar-refractivity contribution in [3.63, 3.8) is 0 Å². The fourth-order valence-electron chi connectivity index (χ4n) is 5.94. The molecule has 222 valence electrons. The summed E-state index contributed by atoms with van der Waals surface area (Å²) in [7, 11) is 0. The van der Waals surface area contributed by atoms with Gasteiger partial charge in [0.25, 0.3) is 0 Å². The number of phenolic OH excluding ortho intramolecular Hbond substituents is 1. The summed E-state index contributed by atoms with van der Waals surface area (Å²) in [6.07, 6.45) is 9.34. The molecular weight excluding hydrogens is 544 g/mol. The molecule has 6 rings (SSSR count). The predicted octanol–water partition coefficient (Wildman–Crippen LogP) is 6.40. The molecular formula is C34H36N4O5. The highest BCUT2D eigenvalue weighted by atomic mass is 16.5. The number of hydrogen-bond donors (Lipinski definition) is 2. The summed E-state index contributed by atoms with van der Waals surface area (Å²) < 4.78 is 11.5. The summed E-state index contributed by atoms with van der Waals surface area (Å²) in [6.45, 7) is 5.98. The van der Waals surface area contributed by atoms with E-state index in [0.717, 1.165) is 34.5 Å². The second kappa shape index (κ2) is 12.4.